The Hall–Kier alpha value is -1.11. The molecule has 1 aliphatic heterocycles. The summed E-state index contributed by atoms with van der Waals surface area (Å²) in [6.07, 6.45) is 6.09. The number of imidazole rings is 1. The van der Waals surface area contributed by atoms with Gasteiger partial charge in [-0.1, -0.05) is 0 Å². The molecule has 4 rings (SSSR count). The molecule has 2 unspecified atom stereocenters. The largest absolute Gasteiger partial charge is 0.374 e. The van der Waals surface area contributed by atoms with Crippen LogP contribution in [0.2, 0.25) is 0 Å². The smallest absolute Gasteiger partial charge is 0.195 e. The van der Waals surface area contributed by atoms with E-state index in [-0.39, 0.29) is 0 Å². The molecule has 102 valence electrons. The third kappa shape index (κ3) is 1.70. The van der Waals surface area contributed by atoms with Gasteiger partial charge in [0.1, 0.15) is 0 Å². The topological polar surface area (TPSA) is 55.8 Å². The van der Waals surface area contributed by atoms with Crippen molar-refractivity contribution in [2.24, 2.45) is 5.73 Å². The van der Waals surface area contributed by atoms with Crippen LogP contribution in [-0.4, -0.2) is 34.7 Å². The van der Waals surface area contributed by atoms with Crippen molar-refractivity contribution in [1.29, 1.82) is 0 Å². The zero-order valence-electron chi connectivity index (χ0n) is 10.8. The highest BCUT2D eigenvalue weighted by Crippen LogP contribution is 2.35. The Bertz CT molecular complexity index is 592. The molecular formula is C13H18N4OS. The van der Waals surface area contributed by atoms with Gasteiger partial charge in [-0.2, -0.15) is 0 Å². The predicted octanol–water partition coefficient (Wildman–Crippen LogP) is 1.61. The minimum atomic E-state index is 0.388. The first-order valence-corrected chi connectivity index (χ1v) is 7.79. The molecule has 1 saturated heterocycles. The van der Waals surface area contributed by atoms with Crippen LogP contribution < -0.4 is 10.6 Å². The summed E-state index contributed by atoms with van der Waals surface area (Å²) in [4.78, 5) is 8.27. The van der Waals surface area contributed by atoms with Gasteiger partial charge in [0.05, 0.1) is 24.4 Å². The molecular weight excluding hydrogens is 260 g/mol. The Balaban J connectivity index is 1.78. The Morgan fingerprint density at radius 3 is 3.32 bits per heavy atom. The van der Waals surface area contributed by atoms with Crippen LogP contribution in [0, 0.1) is 0 Å². The van der Waals surface area contributed by atoms with Crippen LogP contribution in [0.4, 0.5) is 5.82 Å². The molecule has 2 fully saturated rings. The number of hydrogen-bond acceptors (Lipinski definition) is 5. The Kier molecular flexibility index (Phi) is 2.75. The fraction of sp³-hybridized carbons (Fsp3) is 0.615. The van der Waals surface area contributed by atoms with E-state index in [1.54, 1.807) is 11.3 Å². The van der Waals surface area contributed by atoms with Gasteiger partial charge in [-0.3, -0.25) is 4.40 Å². The highest BCUT2D eigenvalue weighted by molar-refractivity contribution is 7.15. The normalized spacial score (nSPS) is 27.1. The van der Waals surface area contributed by atoms with Gasteiger partial charge in [-0.25, -0.2) is 4.98 Å². The monoisotopic (exact) mass is 278 g/mol. The minimum Gasteiger partial charge on any atom is -0.374 e. The van der Waals surface area contributed by atoms with Crippen molar-refractivity contribution in [1.82, 2.24) is 9.38 Å². The first-order valence-electron chi connectivity index (χ1n) is 6.91. The molecule has 2 N–H and O–H groups in total. The average Bonchev–Trinajstić information content (AvgIpc) is 3.12. The summed E-state index contributed by atoms with van der Waals surface area (Å²) >= 11 is 1.67. The van der Waals surface area contributed by atoms with E-state index in [1.165, 1.54) is 19.3 Å². The minimum absolute atomic E-state index is 0.388. The highest BCUT2D eigenvalue weighted by atomic mass is 32.1. The second kappa shape index (κ2) is 4.47. The molecule has 0 bridgehead atoms. The number of aromatic nitrogens is 2. The van der Waals surface area contributed by atoms with Crippen LogP contribution in [0.3, 0.4) is 0 Å². The number of anilines is 1. The van der Waals surface area contributed by atoms with Gasteiger partial charge in [0.15, 0.2) is 10.8 Å². The van der Waals surface area contributed by atoms with Crippen LogP contribution in [0.1, 0.15) is 25.0 Å². The molecule has 2 aromatic heterocycles. The summed E-state index contributed by atoms with van der Waals surface area (Å²) in [6, 6.07) is 0.489. The van der Waals surface area contributed by atoms with Gasteiger partial charge in [0.25, 0.3) is 0 Å². The molecule has 2 atom stereocenters. The van der Waals surface area contributed by atoms with Crippen LogP contribution in [0.15, 0.2) is 11.6 Å². The summed E-state index contributed by atoms with van der Waals surface area (Å²) in [7, 11) is 0. The van der Waals surface area contributed by atoms with E-state index in [0.717, 1.165) is 29.6 Å². The second-order valence-electron chi connectivity index (χ2n) is 5.24. The van der Waals surface area contributed by atoms with Gasteiger partial charge in [0, 0.05) is 24.7 Å². The number of fused-ring (bicyclic) bond motifs is 2. The van der Waals surface area contributed by atoms with E-state index < -0.39 is 0 Å². The van der Waals surface area contributed by atoms with Gasteiger partial charge < -0.3 is 15.4 Å². The quantitative estimate of drug-likeness (QED) is 0.907. The third-order valence-corrected chi connectivity index (χ3v) is 5.04. The zero-order valence-corrected chi connectivity index (χ0v) is 11.6. The van der Waals surface area contributed by atoms with Crippen molar-refractivity contribution in [2.75, 3.05) is 18.1 Å². The van der Waals surface area contributed by atoms with Crippen molar-refractivity contribution >= 4 is 22.1 Å². The van der Waals surface area contributed by atoms with Gasteiger partial charge in [-0.15, -0.1) is 11.3 Å². The fourth-order valence-corrected chi connectivity index (χ4v) is 4.16. The number of nitrogens with zero attached hydrogens (tertiary/aromatic N) is 3. The summed E-state index contributed by atoms with van der Waals surface area (Å²) < 4.78 is 8.00. The zero-order chi connectivity index (χ0) is 12.8. The van der Waals surface area contributed by atoms with Crippen molar-refractivity contribution in [3.8, 4) is 0 Å². The van der Waals surface area contributed by atoms with E-state index in [1.807, 2.05) is 0 Å². The Morgan fingerprint density at radius 2 is 2.42 bits per heavy atom. The second-order valence-corrected chi connectivity index (χ2v) is 6.12. The SMILES string of the molecule is NCc1c(N2CCOC3CCCC32)nc2sccn12. The fourth-order valence-electron chi connectivity index (χ4n) is 3.43. The molecule has 5 nitrogen and oxygen atoms in total. The lowest BCUT2D eigenvalue weighted by atomic mass is 10.1. The maximum atomic E-state index is 5.95. The van der Waals surface area contributed by atoms with Crippen molar-refractivity contribution in [2.45, 2.75) is 38.0 Å². The number of rotatable bonds is 2. The lowest BCUT2D eigenvalue weighted by molar-refractivity contribution is 0.0253. The molecule has 1 aliphatic carbocycles. The molecule has 6 heteroatoms. The number of thiazole rings is 1. The average molecular weight is 278 g/mol. The lowest BCUT2D eigenvalue weighted by Gasteiger charge is -2.38. The number of morpholine rings is 1. The Morgan fingerprint density at radius 1 is 1.47 bits per heavy atom. The summed E-state index contributed by atoms with van der Waals surface area (Å²) in [5.74, 6) is 1.08. The molecule has 0 radical (unpaired) electrons. The highest BCUT2D eigenvalue weighted by Gasteiger charge is 2.38. The van der Waals surface area contributed by atoms with E-state index in [4.69, 9.17) is 15.5 Å². The molecule has 0 spiro atoms. The molecule has 0 amide bonds. The summed E-state index contributed by atoms with van der Waals surface area (Å²) in [5, 5.41) is 2.06. The van der Waals surface area contributed by atoms with Gasteiger partial charge in [-0.05, 0) is 19.3 Å². The molecule has 0 aromatic carbocycles. The van der Waals surface area contributed by atoms with Crippen LogP contribution in [0.25, 0.3) is 4.96 Å². The van der Waals surface area contributed by atoms with Crippen molar-refractivity contribution < 1.29 is 4.74 Å². The van der Waals surface area contributed by atoms with E-state index >= 15 is 0 Å². The van der Waals surface area contributed by atoms with Crippen LogP contribution in [0.5, 0.6) is 0 Å². The van der Waals surface area contributed by atoms with E-state index in [0.29, 0.717) is 18.7 Å². The van der Waals surface area contributed by atoms with Crippen molar-refractivity contribution in [3.63, 3.8) is 0 Å². The Labute approximate surface area is 116 Å². The van der Waals surface area contributed by atoms with Gasteiger partial charge >= 0.3 is 0 Å². The van der Waals surface area contributed by atoms with Gasteiger partial charge in [0.2, 0.25) is 0 Å². The number of ether oxygens (including phenoxy) is 1. The maximum absolute atomic E-state index is 5.95. The molecule has 19 heavy (non-hydrogen) atoms. The summed E-state index contributed by atoms with van der Waals surface area (Å²) in [5.41, 5.74) is 7.08. The van der Waals surface area contributed by atoms with Crippen LogP contribution in [-0.2, 0) is 11.3 Å². The maximum Gasteiger partial charge on any atom is 0.195 e. The number of nitrogens with two attached hydrogens (primary N) is 1. The van der Waals surface area contributed by atoms with E-state index in [9.17, 15) is 0 Å². The summed E-state index contributed by atoms with van der Waals surface area (Å²) in [6.45, 7) is 2.26. The standard InChI is InChI=1S/C13H18N4OS/c14-8-10-12(15-13-17(10)5-7-19-13)16-4-6-18-11-3-1-2-9(11)16/h5,7,9,11H,1-4,6,8,14H2. The first kappa shape index (κ1) is 11.7. The van der Waals surface area contributed by atoms with Crippen molar-refractivity contribution in [3.05, 3.63) is 17.3 Å². The number of hydrogen-bond donors (Lipinski definition) is 1. The van der Waals surface area contributed by atoms with E-state index in [2.05, 4.69) is 20.9 Å². The lowest BCUT2D eigenvalue weighted by Crippen LogP contribution is -2.49. The molecule has 2 aromatic rings. The third-order valence-electron chi connectivity index (χ3n) is 4.29. The molecule has 2 aliphatic rings. The first-order chi connectivity index (χ1) is 9.38. The molecule has 1 saturated carbocycles. The predicted molar refractivity (Wildman–Crippen MR) is 75.7 cm³/mol. The van der Waals surface area contributed by atoms with Crippen LogP contribution >= 0.6 is 11.3 Å². The molecule has 3 heterocycles.